The SMILES string of the molecule is CCOC(=O)Oc1csc(C(C)C)c1N. The predicted molar refractivity (Wildman–Crippen MR) is 60.5 cm³/mol. The Morgan fingerprint density at radius 3 is 2.73 bits per heavy atom. The number of carbonyl (C=O) groups excluding carboxylic acids is 1. The average Bonchev–Trinajstić information content (AvgIpc) is 2.48. The van der Waals surface area contributed by atoms with Gasteiger partial charge in [0, 0.05) is 10.3 Å². The van der Waals surface area contributed by atoms with Crippen LogP contribution in [0.3, 0.4) is 0 Å². The highest BCUT2D eigenvalue weighted by molar-refractivity contribution is 7.11. The first-order chi connectivity index (χ1) is 7.06. The van der Waals surface area contributed by atoms with Gasteiger partial charge >= 0.3 is 6.16 Å². The lowest BCUT2D eigenvalue weighted by molar-refractivity contribution is 0.104. The molecule has 0 saturated heterocycles. The van der Waals surface area contributed by atoms with Gasteiger partial charge in [-0.2, -0.15) is 0 Å². The Morgan fingerprint density at radius 1 is 1.60 bits per heavy atom. The summed E-state index contributed by atoms with van der Waals surface area (Å²) in [5.74, 6) is 0.719. The largest absolute Gasteiger partial charge is 0.513 e. The molecule has 0 unspecified atom stereocenters. The molecule has 0 bridgehead atoms. The summed E-state index contributed by atoms with van der Waals surface area (Å²) < 4.78 is 9.60. The number of hydrogen-bond donors (Lipinski definition) is 1. The van der Waals surface area contributed by atoms with E-state index in [0.717, 1.165) is 4.88 Å². The van der Waals surface area contributed by atoms with Crippen LogP contribution in [-0.4, -0.2) is 12.8 Å². The molecule has 0 aromatic carbocycles. The maximum Gasteiger partial charge on any atom is 0.513 e. The van der Waals surface area contributed by atoms with Crippen molar-refractivity contribution >= 4 is 23.2 Å². The van der Waals surface area contributed by atoms with Crippen LogP contribution in [0.25, 0.3) is 0 Å². The molecule has 1 heterocycles. The average molecular weight is 229 g/mol. The zero-order chi connectivity index (χ0) is 11.4. The molecule has 0 amide bonds. The molecule has 0 radical (unpaired) electrons. The molecule has 0 aliphatic carbocycles. The maximum atomic E-state index is 11.0. The Bertz CT molecular complexity index is 346. The minimum absolute atomic E-state index is 0.292. The van der Waals surface area contributed by atoms with E-state index in [1.807, 2.05) is 13.8 Å². The molecular formula is C10H15NO3S. The van der Waals surface area contributed by atoms with Gasteiger partial charge in [0.05, 0.1) is 12.3 Å². The summed E-state index contributed by atoms with van der Waals surface area (Å²) in [6, 6.07) is 0. The number of rotatable bonds is 3. The third kappa shape index (κ3) is 2.86. The van der Waals surface area contributed by atoms with Gasteiger partial charge in [-0.1, -0.05) is 13.8 Å². The molecule has 1 aromatic rings. The van der Waals surface area contributed by atoms with E-state index in [1.54, 1.807) is 12.3 Å². The van der Waals surface area contributed by atoms with Crippen LogP contribution in [0, 0.1) is 0 Å². The summed E-state index contributed by atoms with van der Waals surface area (Å²) >= 11 is 1.49. The van der Waals surface area contributed by atoms with E-state index in [2.05, 4.69) is 4.74 Å². The van der Waals surface area contributed by atoms with Crippen molar-refractivity contribution < 1.29 is 14.3 Å². The van der Waals surface area contributed by atoms with Crippen molar-refractivity contribution in [1.82, 2.24) is 0 Å². The zero-order valence-corrected chi connectivity index (χ0v) is 9.89. The van der Waals surface area contributed by atoms with Crippen LogP contribution in [0.5, 0.6) is 5.75 Å². The van der Waals surface area contributed by atoms with E-state index in [-0.39, 0.29) is 0 Å². The quantitative estimate of drug-likeness (QED) is 0.809. The highest BCUT2D eigenvalue weighted by atomic mass is 32.1. The van der Waals surface area contributed by atoms with Crippen molar-refractivity contribution in [2.24, 2.45) is 0 Å². The summed E-state index contributed by atoms with van der Waals surface area (Å²) in [6.07, 6.45) is -0.711. The van der Waals surface area contributed by atoms with E-state index >= 15 is 0 Å². The van der Waals surface area contributed by atoms with Crippen LogP contribution in [0.2, 0.25) is 0 Å². The zero-order valence-electron chi connectivity index (χ0n) is 9.07. The minimum atomic E-state index is -0.711. The molecule has 4 nitrogen and oxygen atoms in total. The molecule has 15 heavy (non-hydrogen) atoms. The Balaban J connectivity index is 2.74. The maximum absolute atomic E-state index is 11.0. The van der Waals surface area contributed by atoms with Crippen molar-refractivity contribution in [3.63, 3.8) is 0 Å². The Hall–Kier alpha value is -1.23. The molecule has 0 saturated carbocycles. The first-order valence-electron chi connectivity index (χ1n) is 4.77. The summed E-state index contributed by atoms with van der Waals surface area (Å²) in [7, 11) is 0. The number of hydrogen-bond acceptors (Lipinski definition) is 5. The van der Waals surface area contributed by atoms with Crippen LogP contribution in [0.15, 0.2) is 5.38 Å². The van der Waals surface area contributed by atoms with Crippen molar-refractivity contribution in [2.75, 3.05) is 12.3 Å². The van der Waals surface area contributed by atoms with Crippen LogP contribution in [0.4, 0.5) is 10.5 Å². The fraction of sp³-hybridized carbons (Fsp3) is 0.500. The third-order valence-electron chi connectivity index (χ3n) is 1.80. The molecule has 1 aromatic heterocycles. The van der Waals surface area contributed by atoms with Crippen LogP contribution in [-0.2, 0) is 4.74 Å². The highest BCUT2D eigenvalue weighted by Crippen LogP contribution is 2.37. The van der Waals surface area contributed by atoms with E-state index < -0.39 is 6.16 Å². The third-order valence-corrected chi connectivity index (χ3v) is 3.08. The van der Waals surface area contributed by atoms with Gasteiger partial charge in [-0.3, -0.25) is 0 Å². The van der Waals surface area contributed by atoms with Crippen LogP contribution < -0.4 is 10.5 Å². The van der Waals surface area contributed by atoms with Crippen molar-refractivity contribution in [3.05, 3.63) is 10.3 Å². The van der Waals surface area contributed by atoms with Crippen molar-refractivity contribution in [2.45, 2.75) is 26.7 Å². The lowest BCUT2D eigenvalue weighted by Crippen LogP contribution is -2.10. The van der Waals surface area contributed by atoms with Gasteiger partial charge in [0.25, 0.3) is 0 Å². The van der Waals surface area contributed by atoms with Gasteiger partial charge in [0.15, 0.2) is 5.75 Å². The number of anilines is 1. The monoisotopic (exact) mass is 229 g/mol. The van der Waals surface area contributed by atoms with Gasteiger partial charge in [0.2, 0.25) is 0 Å². The number of ether oxygens (including phenoxy) is 2. The lowest BCUT2D eigenvalue weighted by atomic mass is 10.1. The van der Waals surface area contributed by atoms with Gasteiger partial charge in [-0.25, -0.2) is 4.79 Å². The fourth-order valence-electron chi connectivity index (χ4n) is 1.13. The first-order valence-corrected chi connectivity index (χ1v) is 5.65. The molecule has 1 rings (SSSR count). The van der Waals surface area contributed by atoms with E-state index in [4.69, 9.17) is 10.5 Å². The van der Waals surface area contributed by atoms with Gasteiger partial charge in [0.1, 0.15) is 0 Å². The topological polar surface area (TPSA) is 61.5 Å². The molecule has 0 fully saturated rings. The number of nitrogen functional groups attached to an aromatic ring is 1. The van der Waals surface area contributed by atoms with E-state index in [0.29, 0.717) is 24.0 Å². The molecule has 5 heteroatoms. The van der Waals surface area contributed by atoms with Crippen molar-refractivity contribution in [1.29, 1.82) is 0 Å². The normalized spacial score (nSPS) is 10.4. The number of carbonyl (C=O) groups is 1. The Morgan fingerprint density at radius 2 is 2.27 bits per heavy atom. The van der Waals surface area contributed by atoms with Gasteiger partial charge in [-0.15, -0.1) is 11.3 Å². The summed E-state index contributed by atoms with van der Waals surface area (Å²) in [6.45, 7) is 6.09. The molecule has 0 atom stereocenters. The molecular weight excluding hydrogens is 214 g/mol. The minimum Gasteiger partial charge on any atom is -0.434 e. The van der Waals surface area contributed by atoms with E-state index in [9.17, 15) is 4.79 Å². The summed E-state index contributed by atoms with van der Waals surface area (Å²) in [5, 5.41) is 1.72. The number of nitrogens with two attached hydrogens (primary N) is 1. The van der Waals surface area contributed by atoms with Gasteiger partial charge < -0.3 is 15.2 Å². The smallest absolute Gasteiger partial charge is 0.434 e. The van der Waals surface area contributed by atoms with Gasteiger partial charge in [-0.05, 0) is 12.8 Å². The molecule has 0 aliphatic rings. The molecule has 2 N–H and O–H groups in total. The molecule has 0 spiro atoms. The molecule has 0 aliphatic heterocycles. The second kappa shape index (κ2) is 5.02. The molecule has 84 valence electrons. The summed E-state index contributed by atoms with van der Waals surface area (Å²) in [5.41, 5.74) is 6.36. The standard InChI is InChI=1S/C10H15NO3S/c1-4-13-10(12)14-7-5-15-9(6(2)3)8(7)11/h5-6H,4,11H2,1-3H3. The second-order valence-corrected chi connectivity index (χ2v) is 4.23. The van der Waals surface area contributed by atoms with Crippen LogP contribution in [0.1, 0.15) is 31.6 Å². The van der Waals surface area contributed by atoms with Crippen molar-refractivity contribution in [3.8, 4) is 5.75 Å². The second-order valence-electron chi connectivity index (χ2n) is 3.32. The Labute approximate surface area is 93.0 Å². The number of thiophene rings is 1. The lowest BCUT2D eigenvalue weighted by Gasteiger charge is -2.05. The Kier molecular flexibility index (Phi) is 3.96. The predicted octanol–water partition coefficient (Wildman–Crippen LogP) is 2.99. The highest BCUT2D eigenvalue weighted by Gasteiger charge is 2.15. The van der Waals surface area contributed by atoms with E-state index in [1.165, 1.54) is 11.3 Å². The summed E-state index contributed by atoms with van der Waals surface area (Å²) in [4.78, 5) is 12.1. The fourth-order valence-corrected chi connectivity index (χ4v) is 2.04. The van der Waals surface area contributed by atoms with Crippen LogP contribution >= 0.6 is 11.3 Å². The first kappa shape index (κ1) is 11.8.